The number of rotatable bonds is 5. The highest BCUT2D eigenvalue weighted by Gasteiger charge is 2.42. The third kappa shape index (κ3) is 4.54. The van der Waals surface area contributed by atoms with Gasteiger partial charge in [-0.2, -0.15) is 0 Å². The Kier molecular flexibility index (Phi) is 6.32. The summed E-state index contributed by atoms with van der Waals surface area (Å²) in [5.74, 6) is -1.89. The lowest BCUT2D eigenvalue weighted by Crippen LogP contribution is -2.36. The van der Waals surface area contributed by atoms with Crippen LogP contribution in [0.5, 0.6) is 0 Å². The molecule has 0 saturated heterocycles. The Morgan fingerprint density at radius 1 is 0.943 bits per heavy atom. The molecular weight excluding hydrogens is 441 g/mol. The van der Waals surface area contributed by atoms with Gasteiger partial charge < -0.3 is 10.1 Å². The van der Waals surface area contributed by atoms with Crippen LogP contribution in [0.2, 0.25) is 0 Å². The van der Waals surface area contributed by atoms with E-state index in [1.165, 1.54) is 6.07 Å². The van der Waals surface area contributed by atoms with E-state index in [0.717, 1.165) is 16.8 Å². The minimum atomic E-state index is -0.819. The van der Waals surface area contributed by atoms with Crippen LogP contribution < -0.4 is 5.32 Å². The van der Waals surface area contributed by atoms with Gasteiger partial charge in [-0.1, -0.05) is 78.9 Å². The number of allylic oxidation sites excluding steroid dienone is 3. The molecule has 3 aromatic rings. The summed E-state index contributed by atoms with van der Waals surface area (Å²) in [6.07, 6.45) is 0.917. The zero-order valence-corrected chi connectivity index (χ0v) is 19.5. The van der Waals surface area contributed by atoms with E-state index in [4.69, 9.17) is 4.74 Å². The normalized spacial score (nSPS) is 19.8. The minimum absolute atomic E-state index is 0.0237. The first-order valence-electron chi connectivity index (χ1n) is 11.8. The first kappa shape index (κ1) is 22.8. The van der Waals surface area contributed by atoms with Gasteiger partial charge in [0.2, 0.25) is 0 Å². The van der Waals surface area contributed by atoms with E-state index in [2.05, 4.69) is 5.32 Å². The van der Waals surface area contributed by atoms with Crippen molar-refractivity contribution in [3.05, 3.63) is 130 Å². The first-order valence-corrected chi connectivity index (χ1v) is 11.8. The molecular formula is C30H26FNO3. The number of ether oxygens (including phenoxy) is 1. The van der Waals surface area contributed by atoms with Crippen LogP contribution in [-0.2, 0) is 20.9 Å². The molecule has 2 unspecified atom stereocenters. The summed E-state index contributed by atoms with van der Waals surface area (Å²) in [7, 11) is 0. The highest BCUT2D eigenvalue weighted by Crippen LogP contribution is 2.46. The van der Waals surface area contributed by atoms with Gasteiger partial charge in [-0.3, -0.25) is 4.79 Å². The maximum atomic E-state index is 15.1. The van der Waals surface area contributed by atoms with Crippen LogP contribution >= 0.6 is 0 Å². The Morgan fingerprint density at radius 2 is 1.60 bits per heavy atom. The summed E-state index contributed by atoms with van der Waals surface area (Å²) in [5.41, 5.74) is 4.31. The average Bonchev–Trinajstić information content (AvgIpc) is 2.88. The summed E-state index contributed by atoms with van der Waals surface area (Å²) in [6, 6.07) is 25.6. The van der Waals surface area contributed by atoms with Crippen LogP contribution in [0.3, 0.4) is 0 Å². The van der Waals surface area contributed by atoms with Gasteiger partial charge in [0.05, 0.1) is 11.5 Å². The van der Waals surface area contributed by atoms with Crippen molar-refractivity contribution in [3.63, 3.8) is 0 Å². The number of hydrogen-bond acceptors (Lipinski definition) is 4. The van der Waals surface area contributed by atoms with Crippen molar-refractivity contribution >= 4 is 11.8 Å². The molecule has 0 spiro atoms. The molecule has 0 saturated carbocycles. The van der Waals surface area contributed by atoms with Crippen molar-refractivity contribution < 1.29 is 18.7 Å². The van der Waals surface area contributed by atoms with Crippen molar-refractivity contribution in [1.29, 1.82) is 0 Å². The van der Waals surface area contributed by atoms with Crippen molar-refractivity contribution in [3.8, 4) is 0 Å². The second-order valence-electron chi connectivity index (χ2n) is 9.01. The third-order valence-electron chi connectivity index (χ3n) is 6.75. The second kappa shape index (κ2) is 9.71. The van der Waals surface area contributed by atoms with E-state index < -0.39 is 17.7 Å². The molecule has 0 amide bonds. The maximum absolute atomic E-state index is 15.1. The van der Waals surface area contributed by atoms with Crippen LogP contribution in [0.1, 0.15) is 48.3 Å². The lowest BCUT2D eigenvalue weighted by Gasteiger charge is -2.36. The number of halogens is 1. The van der Waals surface area contributed by atoms with Crippen LogP contribution in [0, 0.1) is 5.82 Å². The maximum Gasteiger partial charge on any atom is 0.337 e. The van der Waals surface area contributed by atoms with Gasteiger partial charge in [0.1, 0.15) is 12.4 Å². The van der Waals surface area contributed by atoms with Crippen molar-refractivity contribution in [2.24, 2.45) is 0 Å². The number of hydrogen-bond donors (Lipinski definition) is 1. The van der Waals surface area contributed by atoms with Crippen molar-refractivity contribution in [2.75, 3.05) is 0 Å². The fraction of sp³-hybridized carbons (Fsp3) is 0.200. The molecule has 2 aliphatic rings. The zero-order chi connectivity index (χ0) is 24.4. The van der Waals surface area contributed by atoms with Crippen LogP contribution in [0.4, 0.5) is 4.39 Å². The lowest BCUT2D eigenvalue weighted by atomic mass is 9.71. The molecule has 1 aliphatic carbocycles. The van der Waals surface area contributed by atoms with Crippen LogP contribution in [0.15, 0.2) is 107 Å². The molecule has 0 radical (unpaired) electrons. The van der Waals surface area contributed by atoms with Crippen molar-refractivity contribution in [2.45, 2.75) is 38.2 Å². The summed E-state index contributed by atoms with van der Waals surface area (Å²) < 4.78 is 20.7. The molecule has 0 bridgehead atoms. The Morgan fingerprint density at radius 3 is 2.31 bits per heavy atom. The quantitative estimate of drug-likeness (QED) is 0.473. The minimum Gasteiger partial charge on any atom is -0.457 e. The fourth-order valence-corrected chi connectivity index (χ4v) is 5.09. The number of carbonyl (C=O) groups is 2. The van der Waals surface area contributed by atoms with Gasteiger partial charge in [0.25, 0.3) is 0 Å². The molecule has 1 aliphatic heterocycles. The summed E-state index contributed by atoms with van der Waals surface area (Å²) in [4.78, 5) is 26.9. The molecule has 1 heterocycles. The SMILES string of the molecule is CC1=C(C(=O)OCc2ccccc2)C(c2ccccc2F)C2=C(CC(c3ccccc3)CC2=O)N1. The van der Waals surface area contributed by atoms with Crippen LogP contribution in [0.25, 0.3) is 0 Å². The predicted molar refractivity (Wildman–Crippen MR) is 132 cm³/mol. The number of esters is 1. The second-order valence-corrected chi connectivity index (χ2v) is 9.01. The lowest BCUT2D eigenvalue weighted by molar-refractivity contribution is -0.140. The smallest absolute Gasteiger partial charge is 0.337 e. The van der Waals surface area contributed by atoms with E-state index in [1.807, 2.05) is 60.7 Å². The molecule has 2 atom stereocenters. The largest absolute Gasteiger partial charge is 0.457 e. The van der Waals surface area contributed by atoms with E-state index in [1.54, 1.807) is 25.1 Å². The summed E-state index contributed by atoms with van der Waals surface area (Å²) in [6.45, 7) is 1.88. The zero-order valence-electron chi connectivity index (χ0n) is 19.5. The highest BCUT2D eigenvalue weighted by molar-refractivity contribution is 6.04. The van der Waals surface area contributed by atoms with Gasteiger partial charge in [-0.25, -0.2) is 9.18 Å². The standard InChI is InChI=1S/C30H26FNO3/c1-19-27(30(34)35-18-20-10-4-2-5-11-20)28(23-14-8-9-15-24(23)31)29-25(32-19)16-22(17-26(29)33)21-12-6-3-7-13-21/h2-15,22,28,32H,16-18H2,1H3. The molecule has 3 aromatic carbocycles. The predicted octanol–water partition coefficient (Wildman–Crippen LogP) is 5.93. The number of dihydropyridines is 1. The number of nitrogens with one attached hydrogen (secondary N) is 1. The number of carbonyl (C=O) groups excluding carboxylic acids is 2. The average molecular weight is 468 g/mol. The highest BCUT2D eigenvalue weighted by atomic mass is 19.1. The van der Waals surface area contributed by atoms with Gasteiger partial charge in [-0.05, 0) is 36.5 Å². The molecule has 0 fully saturated rings. The molecule has 4 nitrogen and oxygen atoms in total. The topological polar surface area (TPSA) is 55.4 Å². The molecule has 0 aromatic heterocycles. The molecule has 35 heavy (non-hydrogen) atoms. The van der Waals surface area contributed by atoms with Gasteiger partial charge >= 0.3 is 5.97 Å². The number of Topliss-reactive ketones (excluding diaryl/α,β-unsaturated/α-hetero) is 1. The van der Waals surface area contributed by atoms with Gasteiger partial charge in [-0.15, -0.1) is 0 Å². The molecule has 5 heteroatoms. The monoisotopic (exact) mass is 467 g/mol. The number of ketones is 1. The first-order chi connectivity index (χ1) is 17.0. The Labute approximate surface area is 204 Å². The van der Waals surface area contributed by atoms with Crippen molar-refractivity contribution in [1.82, 2.24) is 5.32 Å². The summed E-state index contributed by atoms with van der Waals surface area (Å²) >= 11 is 0. The summed E-state index contributed by atoms with van der Waals surface area (Å²) in [5, 5.41) is 3.31. The van der Waals surface area contributed by atoms with E-state index >= 15 is 4.39 Å². The molecule has 5 rings (SSSR count). The van der Waals surface area contributed by atoms with E-state index in [9.17, 15) is 9.59 Å². The van der Waals surface area contributed by atoms with Gasteiger partial charge in [0.15, 0.2) is 5.78 Å². The van der Waals surface area contributed by atoms with Gasteiger partial charge in [0, 0.05) is 29.0 Å². The third-order valence-corrected chi connectivity index (χ3v) is 6.75. The van der Waals surface area contributed by atoms with E-state index in [-0.39, 0.29) is 23.9 Å². The Balaban J connectivity index is 1.53. The van der Waals surface area contributed by atoms with E-state index in [0.29, 0.717) is 29.7 Å². The molecule has 176 valence electrons. The Bertz CT molecular complexity index is 1330. The fourth-order valence-electron chi connectivity index (χ4n) is 5.09. The van der Waals surface area contributed by atoms with Crippen LogP contribution in [-0.4, -0.2) is 11.8 Å². The Hall–Kier alpha value is -3.99. The molecule has 1 N–H and O–H groups in total. The number of benzene rings is 3.